The molecule has 2 aromatic heterocycles. The van der Waals surface area contributed by atoms with Crippen LogP contribution in [-0.4, -0.2) is 23.5 Å². The van der Waals surface area contributed by atoms with Crippen molar-refractivity contribution >= 4 is 39.8 Å². The van der Waals surface area contributed by atoms with E-state index in [1.807, 2.05) is 30.3 Å². The number of pyridine rings is 1. The number of halogens is 1. The fourth-order valence-corrected chi connectivity index (χ4v) is 3.90. The molecule has 0 bridgehead atoms. The van der Waals surface area contributed by atoms with E-state index in [-0.39, 0.29) is 18.4 Å². The van der Waals surface area contributed by atoms with Crippen LogP contribution in [0, 0.1) is 0 Å². The lowest BCUT2D eigenvalue weighted by Gasteiger charge is -2.09. The predicted molar refractivity (Wildman–Crippen MR) is 111 cm³/mol. The molecule has 0 spiro atoms. The van der Waals surface area contributed by atoms with Gasteiger partial charge in [-0.2, -0.15) is 0 Å². The first kappa shape index (κ1) is 20.0. The summed E-state index contributed by atoms with van der Waals surface area (Å²) < 4.78 is 5.16. The number of hydrogen-bond donors (Lipinski definition) is 1. The van der Waals surface area contributed by atoms with E-state index < -0.39 is 5.97 Å². The zero-order valence-corrected chi connectivity index (χ0v) is 17.0. The van der Waals surface area contributed by atoms with Crippen LogP contribution in [0.5, 0.6) is 0 Å². The number of nitrogens with one attached hydrogen (secondary N) is 1. The standard InChI is InChI=1S/C21H19ClN2O3S/c1-3-27-21(26)16-11-17(13(2)14-7-5-4-6-8-14)28-20(16)24-19(25)15-9-10-18(22)23-12-15/h4-13H,3H2,1-2H3,(H,24,25). The molecule has 7 heteroatoms. The second kappa shape index (κ2) is 8.99. The molecule has 0 aliphatic rings. The molecule has 1 N–H and O–H groups in total. The monoisotopic (exact) mass is 414 g/mol. The van der Waals surface area contributed by atoms with Gasteiger partial charge >= 0.3 is 5.97 Å². The lowest BCUT2D eigenvalue weighted by Crippen LogP contribution is -2.14. The molecule has 144 valence electrons. The molecular weight excluding hydrogens is 396 g/mol. The van der Waals surface area contributed by atoms with Gasteiger partial charge in [0.25, 0.3) is 5.91 Å². The van der Waals surface area contributed by atoms with Gasteiger partial charge < -0.3 is 10.1 Å². The first-order valence-corrected chi connectivity index (χ1v) is 9.97. The molecule has 1 atom stereocenters. The number of aromatic nitrogens is 1. The number of rotatable bonds is 6. The molecule has 1 unspecified atom stereocenters. The number of nitrogens with zero attached hydrogens (tertiary/aromatic N) is 1. The molecular formula is C21H19ClN2O3S. The average molecular weight is 415 g/mol. The van der Waals surface area contributed by atoms with E-state index in [2.05, 4.69) is 17.2 Å². The lowest BCUT2D eigenvalue weighted by atomic mass is 9.99. The van der Waals surface area contributed by atoms with Crippen molar-refractivity contribution in [2.24, 2.45) is 0 Å². The molecule has 3 rings (SSSR count). The van der Waals surface area contributed by atoms with Gasteiger partial charge in [0.2, 0.25) is 0 Å². The van der Waals surface area contributed by atoms with Crippen LogP contribution >= 0.6 is 22.9 Å². The third-order valence-electron chi connectivity index (χ3n) is 4.19. The normalized spacial score (nSPS) is 11.7. The van der Waals surface area contributed by atoms with Crippen molar-refractivity contribution in [2.75, 3.05) is 11.9 Å². The third-order valence-corrected chi connectivity index (χ3v) is 5.65. The number of amides is 1. The maximum Gasteiger partial charge on any atom is 0.341 e. The molecule has 28 heavy (non-hydrogen) atoms. The molecule has 0 fully saturated rings. The molecule has 0 saturated carbocycles. The van der Waals surface area contributed by atoms with Crippen molar-refractivity contribution in [3.8, 4) is 0 Å². The zero-order chi connectivity index (χ0) is 20.1. The van der Waals surface area contributed by atoms with Gasteiger partial charge in [0, 0.05) is 17.0 Å². The highest BCUT2D eigenvalue weighted by Crippen LogP contribution is 2.36. The fraction of sp³-hybridized carbons (Fsp3) is 0.190. The topological polar surface area (TPSA) is 68.3 Å². The Morgan fingerprint density at radius 3 is 2.61 bits per heavy atom. The molecule has 0 aliphatic carbocycles. The molecule has 5 nitrogen and oxygen atoms in total. The Kier molecular flexibility index (Phi) is 6.44. The number of carbonyl (C=O) groups excluding carboxylic acids is 2. The van der Waals surface area contributed by atoms with Gasteiger partial charge in [-0.05, 0) is 30.7 Å². The number of esters is 1. The molecule has 0 aliphatic heterocycles. The number of anilines is 1. The second-order valence-electron chi connectivity index (χ2n) is 6.07. The van der Waals surface area contributed by atoms with Crippen molar-refractivity contribution in [3.05, 3.63) is 81.4 Å². The van der Waals surface area contributed by atoms with Gasteiger partial charge in [-0.25, -0.2) is 9.78 Å². The van der Waals surface area contributed by atoms with Crippen LogP contribution in [0.3, 0.4) is 0 Å². The number of carbonyl (C=O) groups is 2. The van der Waals surface area contributed by atoms with Crippen LogP contribution in [0.15, 0.2) is 54.7 Å². The van der Waals surface area contributed by atoms with E-state index in [0.29, 0.717) is 21.3 Å². The van der Waals surface area contributed by atoms with Crippen molar-refractivity contribution in [1.82, 2.24) is 4.98 Å². The first-order chi connectivity index (χ1) is 13.5. The molecule has 2 heterocycles. The van der Waals surface area contributed by atoms with Gasteiger partial charge in [-0.3, -0.25) is 4.79 Å². The highest BCUT2D eigenvalue weighted by atomic mass is 35.5. The summed E-state index contributed by atoms with van der Waals surface area (Å²) in [6.07, 6.45) is 1.39. The van der Waals surface area contributed by atoms with E-state index >= 15 is 0 Å². The largest absolute Gasteiger partial charge is 0.462 e. The Bertz CT molecular complexity index is 971. The Labute approximate surface area is 172 Å². The number of benzene rings is 1. The van der Waals surface area contributed by atoms with Crippen LogP contribution in [0.1, 0.15) is 50.9 Å². The summed E-state index contributed by atoms with van der Waals surface area (Å²) in [4.78, 5) is 29.8. The third kappa shape index (κ3) is 4.58. The predicted octanol–water partition coefficient (Wildman–Crippen LogP) is 5.38. The van der Waals surface area contributed by atoms with E-state index in [0.717, 1.165) is 10.4 Å². The smallest absolute Gasteiger partial charge is 0.341 e. The van der Waals surface area contributed by atoms with Crippen molar-refractivity contribution in [1.29, 1.82) is 0 Å². The quantitative estimate of drug-likeness (QED) is 0.434. The summed E-state index contributed by atoms with van der Waals surface area (Å²) in [5, 5.41) is 3.57. The van der Waals surface area contributed by atoms with E-state index in [1.165, 1.54) is 17.5 Å². The number of ether oxygens (including phenoxy) is 1. The first-order valence-electron chi connectivity index (χ1n) is 8.78. The Balaban J connectivity index is 1.92. The van der Waals surface area contributed by atoms with Crippen LogP contribution in [0.25, 0.3) is 0 Å². The minimum atomic E-state index is -0.463. The molecule has 0 radical (unpaired) electrons. The number of hydrogen-bond acceptors (Lipinski definition) is 5. The second-order valence-corrected chi connectivity index (χ2v) is 7.54. The molecule has 3 aromatic rings. The molecule has 1 amide bonds. The Morgan fingerprint density at radius 1 is 1.21 bits per heavy atom. The molecule has 1 aromatic carbocycles. The van der Waals surface area contributed by atoms with E-state index in [9.17, 15) is 9.59 Å². The fourth-order valence-electron chi connectivity index (χ4n) is 2.67. The van der Waals surface area contributed by atoms with Crippen LogP contribution in [0.4, 0.5) is 5.00 Å². The van der Waals surface area contributed by atoms with Gasteiger partial charge in [0.1, 0.15) is 10.2 Å². The van der Waals surface area contributed by atoms with Gasteiger partial charge in [-0.1, -0.05) is 48.9 Å². The Morgan fingerprint density at radius 2 is 1.96 bits per heavy atom. The minimum absolute atomic E-state index is 0.0715. The van der Waals surface area contributed by atoms with Gasteiger partial charge in [0.15, 0.2) is 0 Å². The SMILES string of the molecule is CCOC(=O)c1cc(C(C)c2ccccc2)sc1NC(=O)c1ccc(Cl)nc1. The number of thiophene rings is 1. The zero-order valence-electron chi connectivity index (χ0n) is 15.4. The highest BCUT2D eigenvalue weighted by molar-refractivity contribution is 7.16. The molecule has 0 saturated heterocycles. The summed E-state index contributed by atoms with van der Waals surface area (Å²) >= 11 is 7.14. The van der Waals surface area contributed by atoms with Crippen LogP contribution in [0.2, 0.25) is 5.15 Å². The van der Waals surface area contributed by atoms with Crippen LogP contribution in [-0.2, 0) is 4.74 Å². The van der Waals surface area contributed by atoms with Crippen molar-refractivity contribution in [3.63, 3.8) is 0 Å². The van der Waals surface area contributed by atoms with Crippen molar-refractivity contribution < 1.29 is 14.3 Å². The van der Waals surface area contributed by atoms with Gasteiger partial charge in [0.05, 0.1) is 17.7 Å². The summed E-state index contributed by atoms with van der Waals surface area (Å²) in [5.74, 6) is -0.757. The average Bonchev–Trinajstić information content (AvgIpc) is 3.12. The van der Waals surface area contributed by atoms with Crippen molar-refractivity contribution in [2.45, 2.75) is 19.8 Å². The summed E-state index contributed by atoms with van der Waals surface area (Å²) in [6.45, 7) is 4.06. The maximum absolute atomic E-state index is 12.6. The van der Waals surface area contributed by atoms with Gasteiger partial charge in [-0.15, -0.1) is 11.3 Å². The maximum atomic E-state index is 12.6. The Hall–Kier alpha value is -2.70. The lowest BCUT2D eigenvalue weighted by molar-refractivity contribution is 0.0528. The summed E-state index contributed by atoms with van der Waals surface area (Å²) in [5.41, 5.74) is 1.82. The minimum Gasteiger partial charge on any atom is -0.462 e. The highest BCUT2D eigenvalue weighted by Gasteiger charge is 2.22. The van der Waals surface area contributed by atoms with E-state index in [1.54, 1.807) is 25.1 Å². The summed E-state index contributed by atoms with van der Waals surface area (Å²) in [7, 11) is 0. The summed E-state index contributed by atoms with van der Waals surface area (Å²) in [6, 6.07) is 14.9. The van der Waals surface area contributed by atoms with Crippen LogP contribution < -0.4 is 5.32 Å². The van der Waals surface area contributed by atoms with E-state index in [4.69, 9.17) is 16.3 Å².